The lowest BCUT2D eigenvalue weighted by Gasteiger charge is -2.25. The number of aryl methyl sites for hydroxylation is 1. The number of carbonyl (C=O) groups is 1. The van der Waals surface area contributed by atoms with Crippen LogP contribution in [0, 0.1) is 5.92 Å². The van der Waals surface area contributed by atoms with Crippen molar-refractivity contribution in [3.8, 4) is 0 Å². The van der Waals surface area contributed by atoms with Gasteiger partial charge in [-0.2, -0.15) is 0 Å². The van der Waals surface area contributed by atoms with E-state index in [2.05, 4.69) is 5.32 Å². The summed E-state index contributed by atoms with van der Waals surface area (Å²) in [5.41, 5.74) is 7.55. The zero-order valence-corrected chi connectivity index (χ0v) is 10.8. The van der Waals surface area contributed by atoms with Gasteiger partial charge in [-0.05, 0) is 36.5 Å². The van der Waals surface area contributed by atoms with E-state index in [0.29, 0.717) is 6.42 Å². The van der Waals surface area contributed by atoms with Crippen LogP contribution in [0.2, 0.25) is 0 Å². The summed E-state index contributed by atoms with van der Waals surface area (Å²) in [7, 11) is 0. The quantitative estimate of drug-likeness (QED) is 0.758. The van der Waals surface area contributed by atoms with E-state index in [1.54, 1.807) is 0 Å². The number of amides is 1. The predicted octanol–water partition coefficient (Wildman–Crippen LogP) is 2.51. The molecular weight excluding hydrogens is 224 g/mol. The van der Waals surface area contributed by atoms with E-state index >= 15 is 0 Å². The molecule has 0 spiro atoms. The van der Waals surface area contributed by atoms with Crippen molar-refractivity contribution < 1.29 is 4.79 Å². The van der Waals surface area contributed by atoms with Gasteiger partial charge in [0.2, 0.25) is 5.91 Å². The van der Waals surface area contributed by atoms with Gasteiger partial charge in [-0.25, -0.2) is 0 Å². The SMILES string of the molecule is Nc1ccc(CCC(=O)NCCC2CCC2)cc1. The van der Waals surface area contributed by atoms with E-state index in [-0.39, 0.29) is 5.91 Å². The molecule has 1 aliphatic rings. The summed E-state index contributed by atoms with van der Waals surface area (Å²) in [4.78, 5) is 11.6. The van der Waals surface area contributed by atoms with Gasteiger partial charge in [0.1, 0.15) is 0 Å². The fourth-order valence-corrected chi connectivity index (χ4v) is 2.23. The van der Waals surface area contributed by atoms with Gasteiger partial charge in [-0.15, -0.1) is 0 Å². The molecule has 1 aliphatic carbocycles. The summed E-state index contributed by atoms with van der Waals surface area (Å²) in [6, 6.07) is 7.72. The maximum absolute atomic E-state index is 11.6. The van der Waals surface area contributed by atoms with Crippen LogP contribution in [0.1, 0.15) is 37.7 Å². The summed E-state index contributed by atoms with van der Waals surface area (Å²) in [5.74, 6) is 1.02. The second-order valence-electron chi connectivity index (χ2n) is 5.18. The van der Waals surface area contributed by atoms with Gasteiger partial charge in [0.15, 0.2) is 0 Å². The van der Waals surface area contributed by atoms with E-state index in [4.69, 9.17) is 5.73 Å². The zero-order valence-electron chi connectivity index (χ0n) is 10.8. The third kappa shape index (κ3) is 4.06. The molecule has 1 fully saturated rings. The third-order valence-corrected chi connectivity index (χ3v) is 3.72. The Bertz CT molecular complexity index is 382. The number of carbonyl (C=O) groups excluding carboxylic acids is 1. The minimum atomic E-state index is 0.158. The summed E-state index contributed by atoms with van der Waals surface area (Å²) >= 11 is 0. The normalized spacial score (nSPS) is 15.1. The van der Waals surface area contributed by atoms with Crippen LogP contribution in [-0.4, -0.2) is 12.5 Å². The number of rotatable bonds is 6. The van der Waals surface area contributed by atoms with Crippen LogP contribution in [-0.2, 0) is 11.2 Å². The Kier molecular flexibility index (Phi) is 4.62. The van der Waals surface area contributed by atoms with Gasteiger partial charge in [0.25, 0.3) is 0 Å². The Morgan fingerprint density at radius 3 is 2.61 bits per heavy atom. The van der Waals surface area contributed by atoms with Crippen molar-refractivity contribution >= 4 is 11.6 Å². The largest absolute Gasteiger partial charge is 0.399 e. The van der Waals surface area contributed by atoms with Crippen molar-refractivity contribution in [2.45, 2.75) is 38.5 Å². The molecule has 0 atom stereocenters. The van der Waals surface area contributed by atoms with Crippen LogP contribution in [0.5, 0.6) is 0 Å². The van der Waals surface area contributed by atoms with E-state index in [9.17, 15) is 4.79 Å². The molecule has 0 aliphatic heterocycles. The smallest absolute Gasteiger partial charge is 0.220 e. The van der Waals surface area contributed by atoms with Crippen LogP contribution in [0.4, 0.5) is 5.69 Å². The number of nitrogen functional groups attached to an aromatic ring is 1. The molecule has 1 saturated carbocycles. The average molecular weight is 246 g/mol. The van der Waals surface area contributed by atoms with Gasteiger partial charge < -0.3 is 11.1 Å². The molecule has 1 aromatic rings. The molecule has 0 bridgehead atoms. The first-order valence-corrected chi connectivity index (χ1v) is 6.85. The van der Waals surface area contributed by atoms with Crippen molar-refractivity contribution in [3.63, 3.8) is 0 Å². The number of benzene rings is 1. The first kappa shape index (κ1) is 12.9. The number of hydrogen-bond acceptors (Lipinski definition) is 2. The molecule has 3 heteroatoms. The highest BCUT2D eigenvalue weighted by atomic mass is 16.1. The fraction of sp³-hybridized carbons (Fsp3) is 0.533. The number of hydrogen-bond donors (Lipinski definition) is 2. The first-order chi connectivity index (χ1) is 8.74. The third-order valence-electron chi connectivity index (χ3n) is 3.72. The molecule has 98 valence electrons. The molecule has 0 unspecified atom stereocenters. The second-order valence-corrected chi connectivity index (χ2v) is 5.18. The lowest BCUT2D eigenvalue weighted by Crippen LogP contribution is -2.27. The second kappa shape index (κ2) is 6.43. The maximum atomic E-state index is 11.6. The fourth-order valence-electron chi connectivity index (χ4n) is 2.23. The van der Waals surface area contributed by atoms with E-state index < -0.39 is 0 Å². The van der Waals surface area contributed by atoms with Gasteiger partial charge >= 0.3 is 0 Å². The minimum absolute atomic E-state index is 0.158. The Hall–Kier alpha value is -1.51. The van der Waals surface area contributed by atoms with Crippen LogP contribution >= 0.6 is 0 Å². The van der Waals surface area contributed by atoms with E-state index in [1.165, 1.54) is 24.8 Å². The van der Waals surface area contributed by atoms with Crippen molar-refractivity contribution in [2.75, 3.05) is 12.3 Å². The van der Waals surface area contributed by atoms with Crippen molar-refractivity contribution in [1.29, 1.82) is 0 Å². The Balaban J connectivity index is 1.60. The monoisotopic (exact) mass is 246 g/mol. The number of nitrogens with one attached hydrogen (secondary N) is 1. The van der Waals surface area contributed by atoms with Crippen molar-refractivity contribution in [3.05, 3.63) is 29.8 Å². The summed E-state index contributed by atoms with van der Waals surface area (Å²) < 4.78 is 0. The molecule has 3 nitrogen and oxygen atoms in total. The lowest BCUT2D eigenvalue weighted by molar-refractivity contribution is -0.121. The molecule has 0 saturated heterocycles. The van der Waals surface area contributed by atoms with Gasteiger partial charge in [-0.1, -0.05) is 31.4 Å². The van der Waals surface area contributed by atoms with Crippen LogP contribution in [0.25, 0.3) is 0 Å². The highest BCUT2D eigenvalue weighted by molar-refractivity contribution is 5.76. The van der Waals surface area contributed by atoms with Crippen molar-refractivity contribution in [1.82, 2.24) is 5.32 Å². The minimum Gasteiger partial charge on any atom is -0.399 e. The van der Waals surface area contributed by atoms with E-state index in [1.807, 2.05) is 24.3 Å². The van der Waals surface area contributed by atoms with Gasteiger partial charge in [0, 0.05) is 18.7 Å². The summed E-state index contributed by atoms with van der Waals surface area (Å²) in [6.45, 7) is 0.839. The number of nitrogens with two attached hydrogens (primary N) is 1. The first-order valence-electron chi connectivity index (χ1n) is 6.85. The van der Waals surface area contributed by atoms with Crippen LogP contribution in [0.3, 0.4) is 0 Å². The van der Waals surface area contributed by atoms with Crippen LogP contribution < -0.4 is 11.1 Å². The molecule has 2 rings (SSSR count). The molecular formula is C15H22N2O. The molecule has 1 aromatic carbocycles. The highest BCUT2D eigenvalue weighted by Crippen LogP contribution is 2.28. The predicted molar refractivity (Wildman–Crippen MR) is 74.1 cm³/mol. The molecule has 0 radical (unpaired) electrons. The van der Waals surface area contributed by atoms with E-state index in [0.717, 1.165) is 31.0 Å². The summed E-state index contributed by atoms with van der Waals surface area (Å²) in [6.07, 6.45) is 6.57. The molecule has 0 heterocycles. The van der Waals surface area contributed by atoms with Gasteiger partial charge in [-0.3, -0.25) is 4.79 Å². The Morgan fingerprint density at radius 2 is 2.00 bits per heavy atom. The summed E-state index contributed by atoms with van der Waals surface area (Å²) in [5, 5.41) is 3.00. The molecule has 0 aromatic heterocycles. The maximum Gasteiger partial charge on any atom is 0.220 e. The molecule has 18 heavy (non-hydrogen) atoms. The standard InChI is InChI=1S/C15H22N2O/c16-14-7-4-13(5-8-14)6-9-15(18)17-11-10-12-2-1-3-12/h4-5,7-8,12H,1-3,6,9-11,16H2,(H,17,18). The highest BCUT2D eigenvalue weighted by Gasteiger charge is 2.16. The van der Waals surface area contributed by atoms with Crippen molar-refractivity contribution in [2.24, 2.45) is 5.92 Å². The molecule has 1 amide bonds. The topological polar surface area (TPSA) is 55.1 Å². The van der Waals surface area contributed by atoms with Crippen LogP contribution in [0.15, 0.2) is 24.3 Å². The Morgan fingerprint density at radius 1 is 1.28 bits per heavy atom. The Labute approximate surface area is 109 Å². The average Bonchev–Trinajstić information content (AvgIpc) is 2.32. The lowest BCUT2D eigenvalue weighted by atomic mass is 9.83. The molecule has 3 N–H and O–H groups in total. The van der Waals surface area contributed by atoms with Gasteiger partial charge in [0.05, 0.1) is 0 Å². The zero-order chi connectivity index (χ0) is 12.8. The number of anilines is 1.